The Kier molecular flexibility index (Phi) is 4.34. The third-order valence-electron chi connectivity index (χ3n) is 3.50. The van der Waals surface area contributed by atoms with Crippen LogP contribution < -0.4 is 0 Å². The molecule has 0 radical (unpaired) electrons. The molecule has 3 rings (SSSR count). The van der Waals surface area contributed by atoms with E-state index in [0.29, 0.717) is 0 Å². The van der Waals surface area contributed by atoms with Crippen LogP contribution in [-0.2, 0) is 6.18 Å². The third-order valence-corrected chi connectivity index (χ3v) is 5.62. The van der Waals surface area contributed by atoms with E-state index in [0.717, 1.165) is 37.5 Å². The van der Waals surface area contributed by atoms with Crippen LogP contribution in [0.2, 0.25) is 0 Å². The van der Waals surface area contributed by atoms with E-state index < -0.39 is 11.7 Å². The first-order valence-electron chi connectivity index (χ1n) is 6.88. The summed E-state index contributed by atoms with van der Waals surface area (Å²) in [4.78, 5) is 2.00. The Morgan fingerprint density at radius 2 is 1.43 bits per heavy atom. The smallest absolute Gasteiger partial charge is 0.166 e. The number of rotatable bonds is 2. The second kappa shape index (κ2) is 6.13. The van der Waals surface area contributed by atoms with E-state index in [9.17, 15) is 13.2 Å². The molecular weight excluding hydrogens is 385 g/mol. The number of aryl methyl sites for hydroxylation is 1. The highest BCUT2D eigenvalue weighted by molar-refractivity contribution is 9.10. The molecule has 0 aliphatic carbocycles. The van der Waals surface area contributed by atoms with E-state index in [1.165, 1.54) is 17.7 Å². The zero-order valence-electron chi connectivity index (χ0n) is 12.1. The van der Waals surface area contributed by atoms with Gasteiger partial charge in [-0.3, -0.25) is 0 Å². The van der Waals surface area contributed by atoms with E-state index in [4.69, 9.17) is 0 Å². The van der Waals surface area contributed by atoms with Crippen molar-refractivity contribution in [3.63, 3.8) is 0 Å². The summed E-state index contributed by atoms with van der Waals surface area (Å²) in [5.74, 6) is 0. The average molecular weight is 397 g/mol. The van der Waals surface area contributed by atoms with Crippen LogP contribution in [0, 0.1) is 6.92 Å². The number of hydrogen-bond donors (Lipinski definition) is 0. The van der Waals surface area contributed by atoms with Gasteiger partial charge in [0.15, 0.2) is 0 Å². The van der Waals surface area contributed by atoms with Crippen LogP contribution in [0.15, 0.2) is 59.1 Å². The summed E-state index contributed by atoms with van der Waals surface area (Å²) in [6.07, 6.45) is -4.30. The number of alkyl halides is 3. The molecule has 2 aromatic carbocycles. The Morgan fingerprint density at radius 1 is 0.870 bits per heavy atom. The van der Waals surface area contributed by atoms with Crippen molar-refractivity contribution in [3.05, 3.63) is 70.2 Å². The fourth-order valence-electron chi connectivity index (χ4n) is 2.24. The fraction of sp³-hybridized carbons (Fsp3) is 0.111. The molecule has 0 nitrogen and oxygen atoms in total. The highest BCUT2D eigenvalue weighted by Crippen LogP contribution is 2.41. The topological polar surface area (TPSA) is 0 Å². The van der Waals surface area contributed by atoms with E-state index in [1.54, 1.807) is 11.3 Å². The van der Waals surface area contributed by atoms with Gasteiger partial charge in [-0.15, -0.1) is 11.3 Å². The van der Waals surface area contributed by atoms with Gasteiger partial charge >= 0.3 is 6.18 Å². The average Bonchev–Trinajstić information content (AvgIpc) is 2.89. The SMILES string of the molecule is Cc1ccc(-c2sc(-c3ccc(C(F)(F)F)cc3)cc2Br)cc1. The zero-order chi connectivity index (χ0) is 16.6. The number of halogens is 4. The second-order valence-electron chi connectivity index (χ2n) is 5.23. The van der Waals surface area contributed by atoms with Gasteiger partial charge in [0.05, 0.1) is 5.56 Å². The molecule has 0 atom stereocenters. The van der Waals surface area contributed by atoms with Crippen LogP contribution in [0.25, 0.3) is 20.9 Å². The van der Waals surface area contributed by atoms with E-state index in [2.05, 4.69) is 15.9 Å². The Morgan fingerprint density at radius 3 is 2.00 bits per heavy atom. The standard InChI is InChI=1S/C18H12BrF3S/c1-11-2-4-13(5-3-11)17-15(19)10-16(23-17)12-6-8-14(9-7-12)18(20,21)22/h2-10H,1H3. The summed E-state index contributed by atoms with van der Waals surface area (Å²) in [5.41, 5.74) is 2.42. The van der Waals surface area contributed by atoms with Gasteiger partial charge in [-0.25, -0.2) is 0 Å². The van der Waals surface area contributed by atoms with Crippen LogP contribution in [0.3, 0.4) is 0 Å². The summed E-state index contributed by atoms with van der Waals surface area (Å²) < 4.78 is 38.9. The highest BCUT2D eigenvalue weighted by atomic mass is 79.9. The molecule has 0 spiro atoms. The first-order chi connectivity index (χ1) is 10.8. The van der Waals surface area contributed by atoms with Gasteiger partial charge in [-0.1, -0.05) is 42.0 Å². The third kappa shape index (κ3) is 3.51. The van der Waals surface area contributed by atoms with Crippen LogP contribution >= 0.6 is 27.3 Å². The maximum absolute atomic E-state index is 12.6. The highest BCUT2D eigenvalue weighted by Gasteiger charge is 2.30. The zero-order valence-corrected chi connectivity index (χ0v) is 14.5. The van der Waals surface area contributed by atoms with Crippen LogP contribution in [-0.4, -0.2) is 0 Å². The lowest BCUT2D eigenvalue weighted by molar-refractivity contribution is -0.137. The van der Waals surface area contributed by atoms with Crippen molar-refractivity contribution in [1.82, 2.24) is 0 Å². The molecule has 0 aliphatic heterocycles. The molecule has 0 amide bonds. The molecular formula is C18H12BrF3S. The molecule has 0 bridgehead atoms. The molecule has 1 heterocycles. The quantitative estimate of drug-likeness (QED) is 0.430. The van der Waals surface area contributed by atoms with Crippen molar-refractivity contribution in [1.29, 1.82) is 0 Å². The van der Waals surface area contributed by atoms with Crippen molar-refractivity contribution in [2.75, 3.05) is 0 Å². The lowest BCUT2D eigenvalue weighted by Gasteiger charge is -2.06. The molecule has 1 aromatic heterocycles. The molecule has 0 unspecified atom stereocenters. The lowest BCUT2D eigenvalue weighted by atomic mass is 10.1. The normalized spacial score (nSPS) is 11.7. The summed E-state index contributed by atoms with van der Waals surface area (Å²) >= 11 is 5.10. The predicted molar refractivity (Wildman–Crippen MR) is 92.6 cm³/mol. The van der Waals surface area contributed by atoms with Gasteiger partial charge in [0, 0.05) is 14.2 Å². The summed E-state index contributed by atoms with van der Waals surface area (Å²) in [6.45, 7) is 2.03. The minimum atomic E-state index is -4.30. The minimum absolute atomic E-state index is 0.629. The summed E-state index contributed by atoms with van der Waals surface area (Å²) in [7, 11) is 0. The van der Waals surface area contributed by atoms with Gasteiger partial charge in [0.2, 0.25) is 0 Å². The van der Waals surface area contributed by atoms with Gasteiger partial charge in [-0.05, 0) is 52.2 Å². The Balaban J connectivity index is 1.96. The largest absolute Gasteiger partial charge is 0.416 e. The second-order valence-corrected chi connectivity index (χ2v) is 7.14. The molecule has 3 aromatic rings. The van der Waals surface area contributed by atoms with Crippen LogP contribution in [0.4, 0.5) is 13.2 Å². The lowest BCUT2D eigenvalue weighted by Crippen LogP contribution is -2.03. The number of thiophene rings is 1. The summed E-state index contributed by atoms with van der Waals surface area (Å²) in [5, 5.41) is 0. The number of hydrogen-bond acceptors (Lipinski definition) is 1. The molecule has 0 fully saturated rings. The van der Waals surface area contributed by atoms with Crippen LogP contribution in [0.5, 0.6) is 0 Å². The van der Waals surface area contributed by atoms with Crippen molar-refractivity contribution in [3.8, 4) is 20.9 Å². The Bertz CT molecular complexity index is 815. The molecule has 118 valence electrons. The van der Waals surface area contributed by atoms with E-state index in [1.807, 2.05) is 37.3 Å². The van der Waals surface area contributed by atoms with Crippen LogP contribution in [0.1, 0.15) is 11.1 Å². The molecule has 0 N–H and O–H groups in total. The summed E-state index contributed by atoms with van der Waals surface area (Å²) in [6, 6.07) is 15.4. The van der Waals surface area contributed by atoms with Crippen molar-refractivity contribution in [2.45, 2.75) is 13.1 Å². The molecule has 23 heavy (non-hydrogen) atoms. The van der Waals surface area contributed by atoms with Crippen molar-refractivity contribution < 1.29 is 13.2 Å². The molecule has 0 aliphatic rings. The fourth-order valence-corrected chi connectivity index (χ4v) is 4.15. The molecule has 5 heteroatoms. The minimum Gasteiger partial charge on any atom is -0.166 e. The molecule has 0 saturated heterocycles. The van der Waals surface area contributed by atoms with Crippen molar-refractivity contribution >= 4 is 27.3 Å². The van der Waals surface area contributed by atoms with Gasteiger partial charge in [-0.2, -0.15) is 13.2 Å². The van der Waals surface area contributed by atoms with Crippen molar-refractivity contribution in [2.24, 2.45) is 0 Å². The van der Waals surface area contributed by atoms with Gasteiger partial charge in [0.1, 0.15) is 0 Å². The van der Waals surface area contributed by atoms with Gasteiger partial charge < -0.3 is 0 Å². The monoisotopic (exact) mass is 396 g/mol. The predicted octanol–water partition coefficient (Wildman–Crippen LogP) is 7.17. The first kappa shape index (κ1) is 16.3. The van der Waals surface area contributed by atoms with E-state index >= 15 is 0 Å². The van der Waals surface area contributed by atoms with Gasteiger partial charge in [0.25, 0.3) is 0 Å². The maximum Gasteiger partial charge on any atom is 0.416 e. The molecule has 0 saturated carbocycles. The number of benzene rings is 2. The maximum atomic E-state index is 12.6. The Hall–Kier alpha value is -1.59. The van der Waals surface area contributed by atoms with E-state index in [-0.39, 0.29) is 0 Å². The first-order valence-corrected chi connectivity index (χ1v) is 8.49. The Labute approximate surface area is 144 Å².